The van der Waals surface area contributed by atoms with Gasteiger partial charge in [-0.2, -0.15) is 0 Å². The molecule has 0 amide bonds. The Labute approximate surface area is 239 Å². The van der Waals surface area contributed by atoms with E-state index in [1.54, 1.807) is 14.2 Å². The highest BCUT2D eigenvalue weighted by molar-refractivity contribution is 6.11. The molecule has 1 aromatic heterocycles. The van der Waals surface area contributed by atoms with E-state index in [2.05, 4.69) is 120 Å². The second kappa shape index (κ2) is 10.4. The molecule has 0 unspecified atom stereocenters. The van der Waals surface area contributed by atoms with Crippen LogP contribution in [0.2, 0.25) is 0 Å². The van der Waals surface area contributed by atoms with E-state index in [0.29, 0.717) is 0 Å². The van der Waals surface area contributed by atoms with Crippen molar-refractivity contribution in [3.05, 3.63) is 140 Å². The summed E-state index contributed by atoms with van der Waals surface area (Å²) in [6, 6.07) is 49.4. The van der Waals surface area contributed by atoms with Crippen LogP contribution in [0.25, 0.3) is 60.9 Å². The zero-order valence-electron chi connectivity index (χ0n) is 23.0. The lowest BCUT2D eigenvalue weighted by molar-refractivity contribution is 0.415. The first-order valence-corrected chi connectivity index (χ1v) is 13.7. The molecule has 0 aliphatic rings. The first kappa shape index (κ1) is 24.7. The Morgan fingerprint density at radius 1 is 0.390 bits per heavy atom. The molecular weight excluding hydrogens is 502 g/mol. The maximum absolute atomic E-state index is 5.38. The SMILES string of the molecule is COc1ccc(-c2ccc3c(c2)c2cc(-c4ccc(OC)cc4)ccc2n3-c2ccc(-c3ccccc3)cc2)cc1. The minimum atomic E-state index is 0.856. The number of fused-ring (bicyclic) bond motifs is 3. The van der Waals surface area contributed by atoms with Gasteiger partial charge in [-0.25, -0.2) is 0 Å². The Morgan fingerprint density at radius 2 is 0.780 bits per heavy atom. The first-order valence-electron chi connectivity index (χ1n) is 13.7. The standard InChI is InChI=1S/C38H29NO2/c1-40-33-18-10-28(11-19-33)30-14-22-37-35(24-30)36-25-31(29-12-20-34(41-2)21-13-29)15-23-38(36)39(37)32-16-8-27(9-17-32)26-6-4-3-5-7-26/h3-25H,1-2H3. The third-order valence-electron chi connectivity index (χ3n) is 7.84. The van der Waals surface area contributed by atoms with Crippen molar-refractivity contribution in [3.8, 4) is 50.6 Å². The van der Waals surface area contributed by atoms with Gasteiger partial charge in [0.2, 0.25) is 0 Å². The number of aromatic nitrogens is 1. The maximum Gasteiger partial charge on any atom is 0.118 e. The molecule has 0 bridgehead atoms. The van der Waals surface area contributed by atoms with E-state index >= 15 is 0 Å². The van der Waals surface area contributed by atoms with Gasteiger partial charge in [-0.15, -0.1) is 0 Å². The fourth-order valence-corrected chi connectivity index (χ4v) is 5.66. The summed E-state index contributed by atoms with van der Waals surface area (Å²) in [6.07, 6.45) is 0. The Morgan fingerprint density at radius 3 is 1.24 bits per heavy atom. The molecule has 7 rings (SSSR count). The van der Waals surface area contributed by atoms with Gasteiger partial charge >= 0.3 is 0 Å². The van der Waals surface area contributed by atoms with Gasteiger partial charge in [-0.1, -0.05) is 78.9 Å². The van der Waals surface area contributed by atoms with Crippen LogP contribution in [-0.2, 0) is 0 Å². The first-order chi connectivity index (χ1) is 20.2. The van der Waals surface area contributed by atoms with Crippen LogP contribution in [0.1, 0.15) is 0 Å². The molecule has 0 aliphatic carbocycles. The van der Waals surface area contributed by atoms with Crippen LogP contribution in [0.5, 0.6) is 11.5 Å². The van der Waals surface area contributed by atoms with E-state index < -0.39 is 0 Å². The maximum atomic E-state index is 5.38. The van der Waals surface area contributed by atoms with Gasteiger partial charge in [0, 0.05) is 16.5 Å². The number of rotatable bonds is 6. The fraction of sp³-hybridized carbons (Fsp3) is 0.0526. The minimum absolute atomic E-state index is 0.856. The van der Waals surface area contributed by atoms with Crippen LogP contribution in [0, 0.1) is 0 Å². The van der Waals surface area contributed by atoms with E-state index in [4.69, 9.17) is 9.47 Å². The molecule has 0 saturated carbocycles. The molecule has 3 nitrogen and oxygen atoms in total. The quantitative estimate of drug-likeness (QED) is 0.213. The molecule has 7 aromatic rings. The molecule has 1 heterocycles. The highest BCUT2D eigenvalue weighted by atomic mass is 16.5. The summed E-state index contributed by atoms with van der Waals surface area (Å²) in [5.74, 6) is 1.71. The van der Waals surface area contributed by atoms with Crippen molar-refractivity contribution in [2.75, 3.05) is 14.2 Å². The number of hydrogen-bond donors (Lipinski definition) is 0. The van der Waals surface area contributed by atoms with Crippen LogP contribution < -0.4 is 9.47 Å². The third-order valence-corrected chi connectivity index (χ3v) is 7.84. The largest absolute Gasteiger partial charge is 0.497 e. The van der Waals surface area contributed by atoms with Gasteiger partial charge < -0.3 is 14.0 Å². The minimum Gasteiger partial charge on any atom is -0.497 e. The van der Waals surface area contributed by atoms with Crippen molar-refractivity contribution in [1.82, 2.24) is 4.57 Å². The summed E-state index contributed by atoms with van der Waals surface area (Å²) in [5.41, 5.74) is 10.6. The van der Waals surface area contributed by atoms with Crippen molar-refractivity contribution < 1.29 is 9.47 Å². The molecule has 0 saturated heterocycles. The van der Waals surface area contributed by atoms with Crippen molar-refractivity contribution in [1.29, 1.82) is 0 Å². The van der Waals surface area contributed by atoms with Crippen LogP contribution in [-0.4, -0.2) is 18.8 Å². The zero-order chi connectivity index (χ0) is 27.8. The van der Waals surface area contributed by atoms with Crippen molar-refractivity contribution in [2.45, 2.75) is 0 Å². The smallest absolute Gasteiger partial charge is 0.118 e. The molecule has 0 aliphatic heterocycles. The van der Waals surface area contributed by atoms with E-state index in [1.807, 2.05) is 24.3 Å². The van der Waals surface area contributed by atoms with Gasteiger partial charge in [-0.05, 0) is 94.0 Å². The third kappa shape index (κ3) is 4.52. The summed E-state index contributed by atoms with van der Waals surface area (Å²) in [7, 11) is 3.39. The Hall–Kier alpha value is -5.28. The average Bonchev–Trinajstić information content (AvgIpc) is 3.38. The summed E-state index contributed by atoms with van der Waals surface area (Å²) in [6.45, 7) is 0. The molecule has 6 aromatic carbocycles. The average molecular weight is 532 g/mol. The van der Waals surface area contributed by atoms with Crippen LogP contribution in [0.4, 0.5) is 0 Å². The van der Waals surface area contributed by atoms with Crippen LogP contribution >= 0.6 is 0 Å². The number of benzene rings is 6. The van der Waals surface area contributed by atoms with Crippen molar-refractivity contribution in [3.63, 3.8) is 0 Å². The van der Waals surface area contributed by atoms with E-state index in [1.165, 1.54) is 44.1 Å². The van der Waals surface area contributed by atoms with Gasteiger partial charge in [0.25, 0.3) is 0 Å². The summed E-state index contributed by atoms with van der Waals surface area (Å²) in [4.78, 5) is 0. The molecule has 0 spiro atoms. The van der Waals surface area contributed by atoms with Crippen LogP contribution in [0.15, 0.2) is 140 Å². The lowest BCUT2D eigenvalue weighted by Crippen LogP contribution is -1.94. The van der Waals surface area contributed by atoms with Gasteiger partial charge in [0.15, 0.2) is 0 Å². The van der Waals surface area contributed by atoms with Crippen LogP contribution in [0.3, 0.4) is 0 Å². The van der Waals surface area contributed by atoms with E-state index in [-0.39, 0.29) is 0 Å². The Bertz CT molecular complexity index is 1860. The lowest BCUT2D eigenvalue weighted by Gasteiger charge is -2.10. The second-order valence-corrected chi connectivity index (χ2v) is 10.2. The van der Waals surface area contributed by atoms with Crippen molar-refractivity contribution >= 4 is 21.8 Å². The highest BCUT2D eigenvalue weighted by Crippen LogP contribution is 2.38. The van der Waals surface area contributed by atoms with Crippen molar-refractivity contribution in [2.24, 2.45) is 0 Å². The number of nitrogens with zero attached hydrogens (tertiary/aromatic N) is 1. The molecule has 0 radical (unpaired) electrons. The monoisotopic (exact) mass is 531 g/mol. The number of ether oxygens (including phenoxy) is 2. The Balaban J connectivity index is 1.41. The Kier molecular flexibility index (Phi) is 6.25. The summed E-state index contributed by atoms with van der Waals surface area (Å²) < 4.78 is 13.1. The molecular formula is C38H29NO2. The normalized spacial score (nSPS) is 11.2. The van der Waals surface area contributed by atoms with E-state index in [9.17, 15) is 0 Å². The predicted octanol–water partition coefficient (Wildman–Crippen LogP) is 9.80. The number of methoxy groups -OCH3 is 2. The topological polar surface area (TPSA) is 23.4 Å². The molecule has 0 N–H and O–H groups in total. The number of hydrogen-bond acceptors (Lipinski definition) is 2. The molecule has 0 atom stereocenters. The highest BCUT2D eigenvalue weighted by Gasteiger charge is 2.15. The fourth-order valence-electron chi connectivity index (χ4n) is 5.66. The van der Waals surface area contributed by atoms with E-state index in [0.717, 1.165) is 28.3 Å². The predicted molar refractivity (Wildman–Crippen MR) is 170 cm³/mol. The van der Waals surface area contributed by atoms with Gasteiger partial charge in [0.05, 0.1) is 25.3 Å². The van der Waals surface area contributed by atoms with Gasteiger partial charge in [-0.3, -0.25) is 0 Å². The molecule has 3 heteroatoms. The second-order valence-electron chi connectivity index (χ2n) is 10.2. The van der Waals surface area contributed by atoms with Gasteiger partial charge in [0.1, 0.15) is 11.5 Å². The molecule has 41 heavy (non-hydrogen) atoms. The molecule has 0 fully saturated rings. The molecule has 198 valence electrons. The summed E-state index contributed by atoms with van der Waals surface area (Å²) >= 11 is 0. The summed E-state index contributed by atoms with van der Waals surface area (Å²) in [5, 5.41) is 2.44. The lowest BCUT2D eigenvalue weighted by atomic mass is 10.00. The zero-order valence-corrected chi connectivity index (χ0v) is 23.0.